The maximum absolute atomic E-state index is 12.3. The molecule has 0 radical (unpaired) electrons. The van der Waals surface area contributed by atoms with E-state index >= 15 is 0 Å². The first-order valence-electron chi connectivity index (χ1n) is 8.31. The Bertz CT molecular complexity index is 699. The van der Waals surface area contributed by atoms with Crippen LogP contribution >= 0.6 is 11.8 Å². The van der Waals surface area contributed by atoms with Crippen LogP contribution in [0.5, 0.6) is 0 Å². The fraction of sp³-hybridized carbons (Fsp3) is 0.438. The summed E-state index contributed by atoms with van der Waals surface area (Å²) in [6.45, 7) is 1.52. The minimum Gasteiger partial charge on any atom is -0.396 e. The molecule has 2 aliphatic heterocycles. The molecular weight excluding hydrogens is 358 g/mol. The van der Waals surface area contributed by atoms with Crippen molar-refractivity contribution in [2.45, 2.75) is 17.6 Å². The first-order chi connectivity index (χ1) is 12.5. The quantitative estimate of drug-likeness (QED) is 0.406. The number of thioether (sulfide) groups is 1. The Balaban J connectivity index is 1.69. The highest BCUT2D eigenvalue weighted by Gasteiger charge is 2.54. The number of amides is 1. The number of benzene rings is 1. The molecule has 9 nitrogen and oxygen atoms in total. The molecule has 4 N–H and O–H groups in total. The van der Waals surface area contributed by atoms with E-state index in [1.54, 1.807) is 34.6 Å². The minimum atomic E-state index is -1.56. The lowest BCUT2D eigenvalue weighted by atomic mass is 10.1. The van der Waals surface area contributed by atoms with E-state index in [1.165, 1.54) is 0 Å². The van der Waals surface area contributed by atoms with Crippen molar-refractivity contribution in [2.75, 3.05) is 26.2 Å². The van der Waals surface area contributed by atoms with Crippen LogP contribution in [0.3, 0.4) is 0 Å². The molecule has 1 fully saturated rings. The number of nitrogens with one attached hydrogen (secondary N) is 3. The molecule has 2 atom stereocenters. The van der Waals surface area contributed by atoms with Gasteiger partial charge in [-0.15, -0.1) is 0 Å². The lowest BCUT2D eigenvalue weighted by Crippen LogP contribution is -2.66. The molecule has 0 aliphatic carbocycles. The van der Waals surface area contributed by atoms with E-state index in [0.29, 0.717) is 37.4 Å². The molecule has 3 rings (SSSR count). The van der Waals surface area contributed by atoms with Gasteiger partial charge in [-0.25, -0.2) is 4.90 Å². The van der Waals surface area contributed by atoms with E-state index in [-0.39, 0.29) is 23.5 Å². The second-order valence-electron chi connectivity index (χ2n) is 6.07. The smallest absolute Gasteiger partial charge is 0.396 e. The Labute approximate surface area is 155 Å². The van der Waals surface area contributed by atoms with Gasteiger partial charge in [-0.05, 0) is 30.3 Å². The Morgan fingerprint density at radius 3 is 2.92 bits per heavy atom. The van der Waals surface area contributed by atoms with E-state index in [1.807, 2.05) is 6.07 Å². The van der Waals surface area contributed by atoms with Gasteiger partial charge >= 0.3 is 5.12 Å². The second-order valence-corrected chi connectivity index (χ2v) is 7.11. The van der Waals surface area contributed by atoms with Crippen LogP contribution in [-0.4, -0.2) is 58.2 Å². The summed E-state index contributed by atoms with van der Waals surface area (Å²) in [6, 6.07) is 8.65. The van der Waals surface area contributed by atoms with Gasteiger partial charge in [-0.1, -0.05) is 18.2 Å². The number of carbonyl (C=O) groups is 1. The van der Waals surface area contributed by atoms with E-state index in [4.69, 9.17) is 5.11 Å². The molecule has 0 bridgehead atoms. The van der Waals surface area contributed by atoms with E-state index in [2.05, 4.69) is 16.0 Å². The zero-order valence-electron chi connectivity index (χ0n) is 14.1. The molecule has 26 heavy (non-hydrogen) atoms. The first-order valence-corrected chi connectivity index (χ1v) is 9.19. The van der Waals surface area contributed by atoms with Gasteiger partial charge < -0.3 is 15.7 Å². The fourth-order valence-electron chi connectivity index (χ4n) is 3.03. The number of carbonyl (C=O) groups excluding carboxylic acids is 1. The van der Waals surface area contributed by atoms with E-state index < -0.39 is 5.12 Å². The lowest BCUT2D eigenvalue weighted by Gasteiger charge is -2.39. The Morgan fingerprint density at radius 1 is 1.46 bits per heavy atom. The summed E-state index contributed by atoms with van der Waals surface area (Å²) in [7, 11) is 0. The molecule has 140 valence electrons. The monoisotopic (exact) mass is 379 g/mol. The molecule has 2 heterocycles. The third-order valence-electron chi connectivity index (χ3n) is 4.33. The number of aliphatic hydroxyl groups excluding tert-OH is 1. The zero-order chi connectivity index (χ0) is 18.6. The molecule has 0 saturated carbocycles. The molecule has 1 aromatic carbocycles. The lowest BCUT2D eigenvalue weighted by molar-refractivity contribution is -0.574. The number of hydrogen-bond donors (Lipinski definition) is 4. The van der Waals surface area contributed by atoms with Crippen LogP contribution in [0.4, 0.5) is 0 Å². The van der Waals surface area contributed by atoms with Crippen LogP contribution in [-0.2, 0) is 0 Å². The van der Waals surface area contributed by atoms with E-state index in [0.717, 1.165) is 11.8 Å². The van der Waals surface area contributed by atoms with Crippen molar-refractivity contribution < 1.29 is 14.8 Å². The molecule has 2 aliphatic rings. The molecule has 0 aromatic heterocycles. The van der Waals surface area contributed by atoms with Crippen LogP contribution in [0.15, 0.2) is 41.6 Å². The van der Waals surface area contributed by atoms with Crippen molar-refractivity contribution in [1.82, 2.24) is 20.9 Å². The number of nitro groups is 1. The normalized spacial score (nSPS) is 26.0. The van der Waals surface area contributed by atoms with Crippen LogP contribution in [0.1, 0.15) is 16.8 Å². The van der Waals surface area contributed by atoms with Gasteiger partial charge in [0.2, 0.25) is 0 Å². The van der Waals surface area contributed by atoms with Gasteiger partial charge in [0.15, 0.2) is 0 Å². The van der Waals surface area contributed by atoms with Crippen molar-refractivity contribution >= 4 is 17.7 Å². The molecule has 1 saturated heterocycles. The van der Waals surface area contributed by atoms with Crippen molar-refractivity contribution in [3.63, 3.8) is 0 Å². The summed E-state index contributed by atoms with van der Waals surface area (Å²) in [4.78, 5) is 25.5. The number of rotatable bonds is 6. The van der Waals surface area contributed by atoms with Gasteiger partial charge in [-0.3, -0.25) is 20.2 Å². The molecular formula is C16H21N5O4S. The van der Waals surface area contributed by atoms with Crippen molar-refractivity contribution in [3.8, 4) is 0 Å². The molecule has 0 spiro atoms. The zero-order valence-corrected chi connectivity index (χ0v) is 14.9. The predicted molar refractivity (Wildman–Crippen MR) is 97.5 cm³/mol. The highest BCUT2D eigenvalue weighted by Crippen LogP contribution is 2.35. The molecule has 1 aromatic rings. The van der Waals surface area contributed by atoms with Crippen LogP contribution in [0.25, 0.3) is 0 Å². The number of piperazine rings is 1. The van der Waals surface area contributed by atoms with Gasteiger partial charge in [0.25, 0.3) is 5.91 Å². The average molecular weight is 379 g/mol. The summed E-state index contributed by atoms with van der Waals surface area (Å²) < 4.78 is 0. The van der Waals surface area contributed by atoms with Crippen LogP contribution < -0.4 is 16.0 Å². The SMILES string of the molecule is O=C(NC1=CSC(N2CCNC(CCO)C2)([N+](=O)[O-])N1)c1ccccc1. The highest BCUT2D eigenvalue weighted by molar-refractivity contribution is 8.03. The average Bonchev–Trinajstić information content (AvgIpc) is 3.08. The topological polar surface area (TPSA) is 120 Å². The Hall–Kier alpha value is -2.14. The standard InChI is InChI=1S/C16H21N5O4S/c22-9-6-13-10-20(8-7-17-13)16(21(24)25)19-14(11-26-16)18-15(23)12-4-2-1-3-5-12/h1-5,11,13,17,19,22H,6-10H2,(H,18,23). The molecule has 2 unspecified atom stereocenters. The fourth-order valence-corrected chi connectivity index (χ4v) is 4.00. The van der Waals surface area contributed by atoms with Gasteiger partial charge in [0, 0.05) is 43.3 Å². The number of hydrogen-bond acceptors (Lipinski definition) is 8. The Kier molecular flexibility index (Phi) is 5.77. The van der Waals surface area contributed by atoms with Gasteiger partial charge in [0.05, 0.1) is 4.92 Å². The largest absolute Gasteiger partial charge is 0.410 e. The first kappa shape index (κ1) is 18.6. The third kappa shape index (κ3) is 3.83. The summed E-state index contributed by atoms with van der Waals surface area (Å²) in [5, 5.41) is 29.8. The third-order valence-corrected chi connectivity index (χ3v) is 5.52. The molecule has 1 amide bonds. The number of aliphatic hydroxyl groups is 1. The number of nitrogens with zero attached hydrogens (tertiary/aromatic N) is 2. The molecule has 10 heteroatoms. The van der Waals surface area contributed by atoms with Gasteiger partial charge in [-0.2, -0.15) is 0 Å². The predicted octanol–water partition coefficient (Wildman–Crippen LogP) is 0.0959. The summed E-state index contributed by atoms with van der Waals surface area (Å²) in [5.41, 5.74) is 0.476. The minimum absolute atomic E-state index is 0.0177. The highest BCUT2D eigenvalue weighted by atomic mass is 32.2. The maximum atomic E-state index is 12.3. The van der Waals surface area contributed by atoms with Gasteiger partial charge in [0.1, 0.15) is 5.82 Å². The van der Waals surface area contributed by atoms with Crippen molar-refractivity contribution in [2.24, 2.45) is 0 Å². The van der Waals surface area contributed by atoms with Crippen molar-refractivity contribution in [1.29, 1.82) is 0 Å². The Morgan fingerprint density at radius 2 is 2.23 bits per heavy atom. The van der Waals surface area contributed by atoms with Crippen LogP contribution in [0, 0.1) is 10.1 Å². The van der Waals surface area contributed by atoms with Crippen LogP contribution in [0.2, 0.25) is 0 Å². The summed E-state index contributed by atoms with van der Waals surface area (Å²) >= 11 is 1.02. The summed E-state index contributed by atoms with van der Waals surface area (Å²) in [6.07, 6.45) is 0.528. The van der Waals surface area contributed by atoms with E-state index in [9.17, 15) is 14.9 Å². The van der Waals surface area contributed by atoms with Crippen molar-refractivity contribution in [3.05, 3.63) is 57.2 Å². The second kappa shape index (κ2) is 8.04. The maximum Gasteiger partial charge on any atom is 0.410 e. The summed E-state index contributed by atoms with van der Waals surface area (Å²) in [5.74, 6) is -0.0274.